The molecule has 1 saturated heterocycles. The molecule has 4 aliphatic carbocycles. The predicted octanol–water partition coefficient (Wildman–Crippen LogP) is 3.85. The van der Waals surface area contributed by atoms with Gasteiger partial charge < -0.3 is 19.7 Å². The second kappa shape index (κ2) is 7.47. The van der Waals surface area contributed by atoms with Crippen molar-refractivity contribution < 1.29 is 19.1 Å². The molecule has 1 aromatic rings. The van der Waals surface area contributed by atoms with Crippen LogP contribution in [0.4, 0.5) is 5.69 Å². The largest absolute Gasteiger partial charge is 0.497 e. The van der Waals surface area contributed by atoms with Crippen LogP contribution in [0, 0.1) is 23.2 Å². The van der Waals surface area contributed by atoms with E-state index in [1.165, 1.54) is 19.3 Å². The van der Waals surface area contributed by atoms with Gasteiger partial charge in [0.25, 0.3) is 0 Å². The minimum absolute atomic E-state index is 0.117. The Morgan fingerprint density at radius 1 is 1.03 bits per heavy atom. The van der Waals surface area contributed by atoms with Crippen molar-refractivity contribution in [1.82, 2.24) is 4.90 Å². The topological polar surface area (TPSA) is 67.9 Å². The quantitative estimate of drug-likeness (QED) is 0.798. The first-order chi connectivity index (χ1) is 14.5. The van der Waals surface area contributed by atoms with Crippen LogP contribution in [0.1, 0.15) is 51.4 Å². The number of carbonyl (C=O) groups is 2. The summed E-state index contributed by atoms with van der Waals surface area (Å²) >= 11 is 0. The second-order valence-corrected chi connectivity index (χ2v) is 9.91. The maximum absolute atomic E-state index is 13.8. The normalized spacial score (nSPS) is 34.1. The van der Waals surface area contributed by atoms with Crippen LogP contribution in [0.25, 0.3) is 0 Å². The summed E-state index contributed by atoms with van der Waals surface area (Å²) in [7, 11) is 3.17. The number of carbonyl (C=O) groups excluding carboxylic acids is 2. The molecule has 4 saturated carbocycles. The Hall–Kier alpha value is -2.24. The lowest BCUT2D eigenvalue weighted by atomic mass is 9.49. The highest BCUT2D eigenvalue weighted by Crippen LogP contribution is 2.60. The van der Waals surface area contributed by atoms with Crippen molar-refractivity contribution in [3.8, 4) is 11.5 Å². The molecule has 4 bridgehead atoms. The molecule has 30 heavy (non-hydrogen) atoms. The van der Waals surface area contributed by atoms with Crippen molar-refractivity contribution in [2.75, 3.05) is 26.1 Å². The van der Waals surface area contributed by atoms with Gasteiger partial charge in [-0.05, 0) is 81.3 Å². The van der Waals surface area contributed by atoms with Crippen molar-refractivity contribution in [3.63, 3.8) is 0 Å². The Bertz CT molecular complexity index is 816. The van der Waals surface area contributed by atoms with Crippen molar-refractivity contribution in [1.29, 1.82) is 0 Å². The number of methoxy groups -OCH3 is 2. The van der Waals surface area contributed by atoms with Crippen molar-refractivity contribution >= 4 is 17.5 Å². The molecule has 1 aromatic carbocycles. The number of rotatable bonds is 5. The zero-order valence-corrected chi connectivity index (χ0v) is 18.0. The predicted molar refractivity (Wildman–Crippen MR) is 114 cm³/mol. The first-order valence-corrected chi connectivity index (χ1v) is 11.4. The average molecular weight is 413 g/mol. The van der Waals surface area contributed by atoms with E-state index in [4.69, 9.17) is 9.47 Å². The summed E-state index contributed by atoms with van der Waals surface area (Å²) in [5.41, 5.74) is 0.410. The third-order valence-electron chi connectivity index (χ3n) is 7.97. The van der Waals surface area contributed by atoms with E-state index in [1.807, 2.05) is 4.90 Å². The van der Waals surface area contributed by atoms with Crippen molar-refractivity contribution in [3.05, 3.63) is 18.2 Å². The van der Waals surface area contributed by atoms with E-state index in [-0.39, 0.29) is 17.2 Å². The molecular weight excluding hydrogens is 380 g/mol. The van der Waals surface area contributed by atoms with E-state index in [2.05, 4.69) is 5.32 Å². The molecule has 5 fully saturated rings. The van der Waals surface area contributed by atoms with Gasteiger partial charge in [0, 0.05) is 12.6 Å². The first kappa shape index (κ1) is 19.7. The highest BCUT2D eigenvalue weighted by molar-refractivity contribution is 5.99. The number of hydrogen-bond acceptors (Lipinski definition) is 4. The number of nitrogens with one attached hydrogen (secondary N) is 1. The van der Waals surface area contributed by atoms with Gasteiger partial charge in [0.2, 0.25) is 11.8 Å². The average Bonchev–Trinajstić information content (AvgIpc) is 3.22. The zero-order chi connectivity index (χ0) is 20.9. The summed E-state index contributed by atoms with van der Waals surface area (Å²) in [6, 6.07) is 4.95. The summed E-state index contributed by atoms with van der Waals surface area (Å²) in [6.07, 6.45) is 8.66. The van der Waals surface area contributed by atoms with Crippen LogP contribution in [0.5, 0.6) is 11.5 Å². The lowest BCUT2D eigenvalue weighted by molar-refractivity contribution is -0.160. The molecule has 162 valence electrons. The van der Waals surface area contributed by atoms with Crippen LogP contribution in [-0.2, 0) is 9.59 Å². The summed E-state index contributed by atoms with van der Waals surface area (Å²) < 4.78 is 10.7. The number of benzene rings is 1. The lowest BCUT2D eigenvalue weighted by Crippen LogP contribution is -2.56. The number of hydrogen-bond donors (Lipinski definition) is 1. The molecule has 6 rings (SSSR count). The molecule has 1 heterocycles. The molecule has 0 aromatic heterocycles. The van der Waals surface area contributed by atoms with E-state index in [9.17, 15) is 9.59 Å². The van der Waals surface area contributed by atoms with Gasteiger partial charge in [0.1, 0.15) is 17.5 Å². The minimum atomic E-state index is -0.391. The third kappa shape index (κ3) is 3.25. The summed E-state index contributed by atoms with van der Waals surface area (Å²) in [4.78, 5) is 28.9. The van der Waals surface area contributed by atoms with Gasteiger partial charge in [-0.25, -0.2) is 0 Å². The van der Waals surface area contributed by atoms with Gasteiger partial charge in [-0.1, -0.05) is 0 Å². The zero-order valence-electron chi connectivity index (χ0n) is 18.0. The molecule has 6 heteroatoms. The minimum Gasteiger partial charge on any atom is -0.497 e. The van der Waals surface area contributed by atoms with E-state index >= 15 is 0 Å². The van der Waals surface area contributed by atoms with Crippen LogP contribution in [0.2, 0.25) is 0 Å². The van der Waals surface area contributed by atoms with Crippen LogP contribution in [0.3, 0.4) is 0 Å². The van der Waals surface area contributed by atoms with Gasteiger partial charge in [0.05, 0.1) is 25.3 Å². The highest BCUT2D eigenvalue weighted by atomic mass is 16.5. The standard InChI is InChI=1S/C24H32N2O4/c1-29-18-5-6-19(21(11-18)30-2)25-22(27)20-4-3-7-26(20)23(28)24-12-15-8-16(13-24)10-17(9-15)14-24/h5-6,11,15-17,20H,3-4,7-10,12-14H2,1-2H3,(H,25,27)/t15?,16?,17?,20-,24?/m0/s1. The number of anilines is 1. The highest BCUT2D eigenvalue weighted by Gasteiger charge is 2.56. The molecule has 5 aliphatic rings. The Morgan fingerprint density at radius 3 is 2.30 bits per heavy atom. The molecule has 1 N–H and O–H groups in total. The SMILES string of the molecule is COc1ccc(NC(=O)[C@@H]2CCCN2C(=O)C23CC4CC(CC(C4)C2)C3)c(OC)c1. The summed E-state index contributed by atoms with van der Waals surface area (Å²) in [5, 5.41) is 3.00. The Morgan fingerprint density at radius 2 is 1.70 bits per heavy atom. The van der Waals surface area contributed by atoms with Crippen LogP contribution >= 0.6 is 0 Å². The fourth-order valence-corrected chi connectivity index (χ4v) is 7.08. The van der Waals surface area contributed by atoms with Gasteiger partial charge >= 0.3 is 0 Å². The number of ether oxygens (including phenoxy) is 2. The van der Waals surface area contributed by atoms with E-state index in [1.54, 1.807) is 32.4 Å². The number of likely N-dealkylation sites (tertiary alicyclic amines) is 1. The molecule has 1 aliphatic heterocycles. The summed E-state index contributed by atoms with van der Waals surface area (Å²) in [5.74, 6) is 3.52. The molecule has 6 nitrogen and oxygen atoms in total. The molecule has 0 unspecified atom stereocenters. The number of amides is 2. The van der Waals surface area contributed by atoms with E-state index < -0.39 is 6.04 Å². The Balaban J connectivity index is 1.33. The summed E-state index contributed by atoms with van der Waals surface area (Å²) in [6.45, 7) is 0.693. The Labute approximate surface area is 178 Å². The first-order valence-electron chi connectivity index (χ1n) is 11.4. The van der Waals surface area contributed by atoms with Crippen LogP contribution in [0.15, 0.2) is 18.2 Å². The lowest BCUT2D eigenvalue weighted by Gasteiger charge is -2.56. The molecule has 2 amide bonds. The van der Waals surface area contributed by atoms with Gasteiger partial charge in [0.15, 0.2) is 0 Å². The smallest absolute Gasteiger partial charge is 0.247 e. The van der Waals surface area contributed by atoms with Crippen molar-refractivity contribution in [2.45, 2.75) is 57.4 Å². The number of nitrogens with zero attached hydrogens (tertiary/aromatic N) is 1. The maximum Gasteiger partial charge on any atom is 0.247 e. The second-order valence-electron chi connectivity index (χ2n) is 9.91. The van der Waals surface area contributed by atoms with Gasteiger partial charge in [-0.3, -0.25) is 9.59 Å². The Kier molecular flexibility index (Phi) is 4.91. The molecular formula is C24H32N2O4. The van der Waals surface area contributed by atoms with Gasteiger partial charge in [-0.2, -0.15) is 0 Å². The van der Waals surface area contributed by atoms with E-state index in [0.717, 1.165) is 49.9 Å². The fourth-order valence-electron chi connectivity index (χ4n) is 7.08. The molecule has 0 spiro atoms. The van der Waals surface area contributed by atoms with Gasteiger partial charge in [-0.15, -0.1) is 0 Å². The fraction of sp³-hybridized carbons (Fsp3) is 0.667. The van der Waals surface area contributed by atoms with E-state index in [0.29, 0.717) is 23.7 Å². The third-order valence-corrected chi connectivity index (χ3v) is 7.97. The molecule has 1 atom stereocenters. The maximum atomic E-state index is 13.8. The van der Waals surface area contributed by atoms with Crippen molar-refractivity contribution in [2.24, 2.45) is 23.2 Å². The molecule has 0 radical (unpaired) electrons. The monoisotopic (exact) mass is 412 g/mol. The van der Waals surface area contributed by atoms with Crippen LogP contribution < -0.4 is 14.8 Å². The van der Waals surface area contributed by atoms with Crippen LogP contribution in [-0.4, -0.2) is 43.5 Å².